The topological polar surface area (TPSA) is 58.9 Å². The SMILES string of the molecule is FC(F)(F)N=C(OC(=NC(F)(F)F)ON(C(F)(F)F)C(F)(F)F)ON(C(F)(F)F)C(F)(F)F. The fraction of sp³-hybridized carbons (Fsp3) is 0.750. The van der Waals surface area contributed by atoms with Crippen LogP contribution in [0.15, 0.2) is 9.98 Å². The molecule has 196 valence electrons. The third kappa shape index (κ3) is 11.7. The molecule has 0 aromatic rings. The zero-order chi connectivity index (χ0) is 26.8. The summed E-state index contributed by atoms with van der Waals surface area (Å²) in [5, 5.41) is -6.66. The molecule has 0 aliphatic carbocycles. The smallest absolute Gasteiger partial charge is 0.359 e. The summed E-state index contributed by atoms with van der Waals surface area (Å²) in [6.07, 6.45) is -47.7. The Kier molecular flexibility index (Phi) is 8.60. The van der Waals surface area contributed by atoms with Crippen LogP contribution in [0.2, 0.25) is 0 Å². The number of hydrogen-bond acceptors (Lipinski definition) is 7. The Bertz CT molecular complexity index is 621. The van der Waals surface area contributed by atoms with Crippen LogP contribution in [-0.2, 0) is 14.4 Å². The van der Waals surface area contributed by atoms with E-state index in [1.165, 1.54) is 0 Å². The average molecular weight is 542 g/mol. The Hall–Kier alpha value is -2.60. The molecule has 33 heavy (non-hydrogen) atoms. The zero-order valence-corrected chi connectivity index (χ0v) is 13.8. The van der Waals surface area contributed by atoms with Gasteiger partial charge in [-0.15, -0.1) is 36.3 Å². The minimum absolute atomic E-state index is 0.799. The lowest BCUT2D eigenvalue weighted by molar-refractivity contribution is -0.467. The molecule has 0 fully saturated rings. The number of nitrogens with zero attached hydrogens (tertiary/aromatic N) is 4. The number of aliphatic imine (C=N–C) groups is 2. The van der Waals surface area contributed by atoms with E-state index in [1.54, 1.807) is 0 Å². The monoisotopic (exact) mass is 542 g/mol. The van der Waals surface area contributed by atoms with Gasteiger partial charge in [-0.05, 0) is 0 Å². The van der Waals surface area contributed by atoms with Crippen LogP contribution in [0.4, 0.5) is 79.0 Å². The number of hydrogen-bond donors (Lipinski definition) is 0. The van der Waals surface area contributed by atoms with Gasteiger partial charge in [-0.1, -0.05) is 0 Å². The maximum absolute atomic E-state index is 12.3. The number of halogens is 18. The van der Waals surface area contributed by atoms with Crippen LogP contribution in [-0.4, -0.2) is 60.1 Å². The molecule has 0 saturated carbocycles. The highest BCUT2D eigenvalue weighted by atomic mass is 19.4. The molecule has 0 aromatic carbocycles. The fourth-order valence-electron chi connectivity index (χ4n) is 1.06. The summed E-state index contributed by atoms with van der Waals surface area (Å²) in [6, 6.07) is 0. The van der Waals surface area contributed by atoms with E-state index in [0.717, 1.165) is 9.98 Å². The van der Waals surface area contributed by atoms with E-state index in [0.29, 0.717) is 0 Å². The summed E-state index contributed by atoms with van der Waals surface area (Å²) in [6.45, 7) is 0. The number of hydroxylamine groups is 4. The molecule has 0 atom stereocenters. The molecule has 0 radical (unpaired) electrons. The number of ether oxygens (including phenoxy) is 1. The largest absolute Gasteiger partial charge is 0.509 e. The average Bonchev–Trinajstić information content (AvgIpc) is 2.41. The van der Waals surface area contributed by atoms with Crippen molar-refractivity contribution in [3.05, 3.63) is 0 Å². The molecule has 0 aliphatic heterocycles. The van der Waals surface area contributed by atoms with E-state index in [9.17, 15) is 79.0 Å². The second-order valence-corrected chi connectivity index (χ2v) is 4.44. The number of alkyl halides is 18. The van der Waals surface area contributed by atoms with Crippen LogP contribution >= 0.6 is 0 Å². The van der Waals surface area contributed by atoms with Crippen molar-refractivity contribution in [2.45, 2.75) is 37.8 Å². The summed E-state index contributed by atoms with van der Waals surface area (Å²) in [7, 11) is 0. The maximum atomic E-state index is 12.3. The van der Waals surface area contributed by atoms with Crippen LogP contribution in [0.3, 0.4) is 0 Å². The van der Waals surface area contributed by atoms with Crippen molar-refractivity contribution in [3.8, 4) is 0 Å². The van der Waals surface area contributed by atoms with Crippen molar-refractivity contribution in [2.24, 2.45) is 9.98 Å². The molecule has 0 spiro atoms. The van der Waals surface area contributed by atoms with Crippen molar-refractivity contribution in [1.29, 1.82) is 0 Å². The molecular formula is C8F18N4O3. The quantitative estimate of drug-likeness (QED) is 0.156. The first-order valence-corrected chi connectivity index (χ1v) is 6.37. The lowest BCUT2D eigenvalue weighted by Gasteiger charge is -2.27. The van der Waals surface area contributed by atoms with E-state index in [1.807, 2.05) is 0 Å². The van der Waals surface area contributed by atoms with E-state index >= 15 is 0 Å². The molecule has 0 bridgehead atoms. The van der Waals surface area contributed by atoms with Crippen molar-refractivity contribution >= 4 is 12.2 Å². The fourth-order valence-corrected chi connectivity index (χ4v) is 1.06. The van der Waals surface area contributed by atoms with Crippen molar-refractivity contribution in [2.75, 3.05) is 0 Å². The molecule has 0 saturated heterocycles. The van der Waals surface area contributed by atoms with Gasteiger partial charge in [0, 0.05) is 0 Å². The lowest BCUT2D eigenvalue weighted by atomic mass is 10.9. The van der Waals surface area contributed by atoms with Crippen molar-refractivity contribution in [1.82, 2.24) is 10.1 Å². The predicted molar refractivity (Wildman–Crippen MR) is 58.1 cm³/mol. The second-order valence-electron chi connectivity index (χ2n) is 4.44. The van der Waals surface area contributed by atoms with E-state index in [-0.39, 0.29) is 0 Å². The molecule has 0 aromatic heterocycles. The van der Waals surface area contributed by atoms with Crippen LogP contribution in [0.25, 0.3) is 0 Å². The Morgan fingerprint density at radius 3 is 0.788 bits per heavy atom. The van der Waals surface area contributed by atoms with Gasteiger partial charge < -0.3 is 14.4 Å². The van der Waals surface area contributed by atoms with Gasteiger partial charge >= 0.3 is 50.0 Å². The second kappa shape index (κ2) is 9.34. The molecule has 0 aliphatic rings. The maximum Gasteiger partial charge on any atom is 0.509 e. The summed E-state index contributed by atoms with van der Waals surface area (Å²) in [4.78, 5) is 6.47. The first-order chi connectivity index (χ1) is 14.1. The third-order valence-corrected chi connectivity index (χ3v) is 1.87. The molecular weight excluding hydrogens is 542 g/mol. The van der Waals surface area contributed by atoms with Gasteiger partial charge in [-0.25, -0.2) is 0 Å². The summed E-state index contributed by atoms with van der Waals surface area (Å²) in [5.41, 5.74) is 0. The van der Waals surface area contributed by atoms with Gasteiger partial charge in [0.25, 0.3) is 0 Å². The van der Waals surface area contributed by atoms with Crippen LogP contribution in [0.1, 0.15) is 0 Å². The predicted octanol–water partition coefficient (Wildman–Crippen LogP) is 5.30. The van der Waals surface area contributed by atoms with Gasteiger partial charge in [0.2, 0.25) is 0 Å². The van der Waals surface area contributed by atoms with Gasteiger partial charge in [-0.2, -0.15) is 52.7 Å². The molecule has 7 nitrogen and oxygen atoms in total. The van der Waals surface area contributed by atoms with Crippen LogP contribution < -0.4 is 0 Å². The lowest BCUT2D eigenvalue weighted by Crippen LogP contribution is -2.51. The third-order valence-electron chi connectivity index (χ3n) is 1.87. The Morgan fingerprint density at radius 1 is 0.424 bits per heavy atom. The normalized spacial score (nSPS) is 15.9. The first kappa shape index (κ1) is 30.4. The van der Waals surface area contributed by atoms with E-state index < -0.39 is 60.1 Å². The number of rotatable bonds is 2. The van der Waals surface area contributed by atoms with Crippen molar-refractivity contribution in [3.63, 3.8) is 0 Å². The minimum Gasteiger partial charge on any atom is -0.359 e. The molecule has 0 amide bonds. The Labute approximate surface area is 165 Å². The van der Waals surface area contributed by atoms with E-state index in [2.05, 4.69) is 14.4 Å². The highest BCUT2D eigenvalue weighted by molar-refractivity contribution is 5.83. The van der Waals surface area contributed by atoms with Gasteiger partial charge in [0.15, 0.2) is 0 Å². The molecule has 25 heteroatoms. The highest BCUT2D eigenvalue weighted by Gasteiger charge is 2.60. The summed E-state index contributed by atoms with van der Waals surface area (Å²) < 4.78 is 223. The molecule has 0 unspecified atom stereocenters. The highest BCUT2D eigenvalue weighted by Crippen LogP contribution is 2.36. The summed E-state index contributed by atoms with van der Waals surface area (Å²) in [5.74, 6) is 0. The molecule has 0 heterocycles. The van der Waals surface area contributed by atoms with Gasteiger partial charge in [-0.3, -0.25) is 0 Å². The Balaban J connectivity index is 6.50. The summed E-state index contributed by atoms with van der Waals surface area (Å²) >= 11 is 0. The molecule has 0 N–H and O–H groups in total. The van der Waals surface area contributed by atoms with E-state index in [4.69, 9.17) is 0 Å². The van der Waals surface area contributed by atoms with Gasteiger partial charge in [0.1, 0.15) is 0 Å². The van der Waals surface area contributed by atoms with Gasteiger partial charge in [0.05, 0.1) is 10.1 Å². The Morgan fingerprint density at radius 2 is 0.636 bits per heavy atom. The molecule has 0 rings (SSSR count). The standard InChI is InChI=1S/C8F18N4O3/c9-3(10,11)27-1(32-29(5(15,16)17)6(18,19)20)31-2(28-4(12,13)14)33-30(7(21,22)23)8(24,25)26. The van der Waals surface area contributed by atoms with Crippen LogP contribution in [0, 0.1) is 0 Å². The first-order valence-electron chi connectivity index (χ1n) is 6.37. The minimum atomic E-state index is -6.87. The van der Waals surface area contributed by atoms with Crippen molar-refractivity contribution < 1.29 is 93.4 Å². The van der Waals surface area contributed by atoms with Crippen LogP contribution in [0.5, 0.6) is 0 Å². The zero-order valence-electron chi connectivity index (χ0n) is 13.8.